The summed E-state index contributed by atoms with van der Waals surface area (Å²) in [4.78, 5) is 26.5. The van der Waals surface area contributed by atoms with Gasteiger partial charge >= 0.3 is 24.2 Å². The first-order chi connectivity index (χ1) is 21.2. The van der Waals surface area contributed by atoms with Crippen molar-refractivity contribution in [2.45, 2.75) is 19.3 Å². The lowest BCUT2D eigenvalue weighted by molar-refractivity contribution is -0.152. The second kappa shape index (κ2) is 14.8. The molecule has 1 amide bonds. The van der Waals surface area contributed by atoms with Crippen molar-refractivity contribution in [3.63, 3.8) is 0 Å². The number of nitrogens with zero attached hydrogens (tertiary/aromatic N) is 4. The van der Waals surface area contributed by atoms with E-state index in [-0.39, 0.29) is 34.8 Å². The van der Waals surface area contributed by atoms with Crippen molar-refractivity contribution in [2.24, 2.45) is 0 Å². The van der Waals surface area contributed by atoms with Gasteiger partial charge in [-0.2, -0.15) is 36.9 Å². The van der Waals surface area contributed by atoms with E-state index in [4.69, 9.17) is 20.5 Å². The zero-order valence-electron chi connectivity index (χ0n) is 23.8. The fourth-order valence-electron chi connectivity index (χ4n) is 4.42. The van der Waals surface area contributed by atoms with Crippen LogP contribution < -0.4 is 20.9 Å². The van der Waals surface area contributed by atoms with Gasteiger partial charge in [-0.25, -0.2) is 4.79 Å². The van der Waals surface area contributed by atoms with Crippen LogP contribution in [-0.4, -0.2) is 71.1 Å². The molecule has 0 unspecified atom stereocenters. The first kappa shape index (κ1) is 34.7. The molecular weight excluding hydrogens is 614 g/mol. The Morgan fingerprint density at radius 1 is 0.844 bits per heavy atom. The maximum atomic E-state index is 13.2. The zero-order valence-corrected chi connectivity index (χ0v) is 23.8. The number of halogens is 6. The summed E-state index contributed by atoms with van der Waals surface area (Å²) < 4.78 is 92.8. The number of amides is 1. The Balaban J connectivity index is 0.000000257. The number of esters is 1. The van der Waals surface area contributed by atoms with Gasteiger partial charge in [0.15, 0.2) is 0 Å². The van der Waals surface area contributed by atoms with Gasteiger partial charge in [-0.15, -0.1) is 0 Å². The normalized spacial score (nSPS) is 15.2. The minimum atomic E-state index is -4.70. The van der Waals surface area contributed by atoms with Crippen molar-refractivity contribution in [3.8, 4) is 12.1 Å². The van der Waals surface area contributed by atoms with Crippen molar-refractivity contribution in [2.75, 3.05) is 80.1 Å². The number of nitriles is 2. The number of nitrogens with two attached hydrogens (primary N) is 1. The highest BCUT2D eigenvalue weighted by atomic mass is 19.4. The van der Waals surface area contributed by atoms with Crippen LogP contribution in [0.3, 0.4) is 0 Å². The number of anilines is 4. The fourth-order valence-corrected chi connectivity index (χ4v) is 4.42. The summed E-state index contributed by atoms with van der Waals surface area (Å²) in [7, 11) is 0. The molecule has 0 bridgehead atoms. The van der Waals surface area contributed by atoms with Crippen molar-refractivity contribution >= 4 is 34.6 Å². The molecule has 2 aromatic rings. The Morgan fingerprint density at radius 2 is 1.29 bits per heavy atom. The number of hydrogen-bond acceptors (Lipinski definition) is 10. The maximum absolute atomic E-state index is 13.2. The van der Waals surface area contributed by atoms with Crippen LogP contribution in [0, 0.1) is 22.7 Å². The molecule has 0 atom stereocenters. The van der Waals surface area contributed by atoms with E-state index in [9.17, 15) is 41.2 Å². The number of nitrogen functional groups attached to an aromatic ring is 1. The summed E-state index contributed by atoms with van der Waals surface area (Å²) in [6.07, 6.45) is -9.18. The molecule has 0 aromatic heterocycles. The molecule has 3 N–H and O–H groups in total. The standard InChI is InChI=1S/C16H16F3N3O4.C12H12F3N3O/c1-2-26-15(24)14(23)21-12-7-10(16(17,18)19)8-13(11(12)9-20)22-3-5-25-6-4-22;13-12(14,15)8-5-10(17)9(7-16)11(6-8)18-1-3-19-4-2-18/h7-8H,2-6H2,1H3,(H,21,23);5-6H,1-4,17H2. The molecule has 2 fully saturated rings. The number of ether oxygens (including phenoxy) is 3. The Bertz CT molecular complexity index is 1470. The number of nitrogens with one attached hydrogen (secondary N) is 1. The highest BCUT2D eigenvalue weighted by Gasteiger charge is 2.35. The van der Waals surface area contributed by atoms with Gasteiger partial charge in [0.2, 0.25) is 0 Å². The minimum Gasteiger partial charge on any atom is -0.459 e. The van der Waals surface area contributed by atoms with Gasteiger partial charge in [0.25, 0.3) is 0 Å². The molecule has 2 aromatic carbocycles. The Kier molecular flexibility index (Phi) is 11.4. The van der Waals surface area contributed by atoms with E-state index in [0.29, 0.717) is 58.7 Å². The summed E-state index contributed by atoms with van der Waals surface area (Å²) in [6.45, 7) is 4.30. The monoisotopic (exact) mass is 642 g/mol. The second-order valence-electron chi connectivity index (χ2n) is 9.47. The minimum absolute atomic E-state index is 0.0183. The number of rotatable bonds is 4. The topological polar surface area (TPSA) is 154 Å². The van der Waals surface area contributed by atoms with E-state index in [0.717, 1.165) is 18.2 Å². The highest BCUT2D eigenvalue weighted by molar-refractivity contribution is 6.37. The number of carbonyl (C=O) groups is 2. The Hall–Kier alpha value is -4.74. The van der Waals surface area contributed by atoms with Crippen LogP contribution in [0.5, 0.6) is 0 Å². The highest BCUT2D eigenvalue weighted by Crippen LogP contribution is 2.38. The maximum Gasteiger partial charge on any atom is 0.416 e. The molecule has 2 saturated heterocycles. The number of carbonyl (C=O) groups excluding carboxylic acids is 2. The second-order valence-corrected chi connectivity index (χ2v) is 9.47. The molecule has 0 radical (unpaired) electrons. The molecule has 0 saturated carbocycles. The average molecular weight is 643 g/mol. The lowest BCUT2D eigenvalue weighted by atomic mass is 10.0. The van der Waals surface area contributed by atoms with Gasteiger partial charge in [-0.1, -0.05) is 0 Å². The van der Waals surface area contributed by atoms with Gasteiger partial charge in [-0.05, 0) is 31.2 Å². The van der Waals surface area contributed by atoms with E-state index >= 15 is 0 Å². The van der Waals surface area contributed by atoms with Crippen LogP contribution in [0.4, 0.5) is 49.1 Å². The average Bonchev–Trinajstić information content (AvgIpc) is 3.00. The predicted molar refractivity (Wildman–Crippen MR) is 148 cm³/mol. The third-order valence-electron chi connectivity index (χ3n) is 6.56. The lowest BCUT2D eigenvalue weighted by Crippen LogP contribution is -2.37. The Labute approximate surface area is 253 Å². The van der Waals surface area contributed by atoms with Crippen molar-refractivity contribution in [1.29, 1.82) is 10.5 Å². The molecule has 0 spiro atoms. The molecule has 4 rings (SSSR count). The number of alkyl halides is 6. The zero-order chi connectivity index (χ0) is 33.4. The largest absolute Gasteiger partial charge is 0.459 e. The molecule has 2 aliphatic rings. The third kappa shape index (κ3) is 8.90. The fraction of sp³-hybridized carbons (Fsp3) is 0.429. The summed E-state index contributed by atoms with van der Waals surface area (Å²) in [6, 6.07) is 6.91. The SMILES string of the molecule is CCOC(=O)C(=O)Nc1cc(C(F)(F)F)cc(N2CCOCC2)c1C#N.N#Cc1c(N)cc(C(F)(F)F)cc1N1CCOCC1. The van der Waals surface area contributed by atoms with Gasteiger partial charge < -0.3 is 35.1 Å². The quantitative estimate of drug-likeness (QED) is 0.217. The van der Waals surface area contributed by atoms with Crippen LogP contribution in [0.25, 0.3) is 0 Å². The third-order valence-corrected chi connectivity index (χ3v) is 6.56. The molecule has 17 heteroatoms. The van der Waals surface area contributed by atoms with E-state index < -0.39 is 41.0 Å². The van der Waals surface area contributed by atoms with Gasteiger partial charge in [0.1, 0.15) is 12.1 Å². The molecule has 242 valence electrons. The van der Waals surface area contributed by atoms with Crippen LogP contribution in [0.2, 0.25) is 0 Å². The molecule has 11 nitrogen and oxygen atoms in total. The number of benzene rings is 2. The van der Waals surface area contributed by atoms with Crippen molar-refractivity contribution < 1.29 is 50.1 Å². The first-order valence-electron chi connectivity index (χ1n) is 13.4. The van der Waals surface area contributed by atoms with E-state index in [2.05, 4.69) is 4.74 Å². The summed E-state index contributed by atoms with van der Waals surface area (Å²) in [5, 5.41) is 20.5. The van der Waals surface area contributed by atoms with E-state index in [1.165, 1.54) is 6.92 Å². The van der Waals surface area contributed by atoms with Gasteiger partial charge in [0, 0.05) is 26.2 Å². The first-order valence-corrected chi connectivity index (χ1v) is 13.4. The predicted octanol–water partition coefficient (Wildman–Crippen LogP) is 3.91. The molecule has 2 heterocycles. The number of morpholine rings is 2. The molecule has 2 aliphatic heterocycles. The van der Waals surface area contributed by atoms with Crippen LogP contribution >= 0.6 is 0 Å². The van der Waals surface area contributed by atoms with Crippen molar-refractivity contribution in [1.82, 2.24) is 0 Å². The smallest absolute Gasteiger partial charge is 0.416 e. The molecule has 45 heavy (non-hydrogen) atoms. The molecular formula is C28H28F6N6O5. The van der Waals surface area contributed by atoms with Crippen LogP contribution in [0.15, 0.2) is 24.3 Å². The van der Waals surface area contributed by atoms with E-state index in [1.807, 2.05) is 11.4 Å². The van der Waals surface area contributed by atoms with Crippen molar-refractivity contribution in [3.05, 3.63) is 46.5 Å². The van der Waals surface area contributed by atoms with Crippen LogP contribution in [0.1, 0.15) is 29.2 Å². The Morgan fingerprint density at radius 3 is 1.71 bits per heavy atom. The summed E-state index contributed by atoms with van der Waals surface area (Å²) in [5.41, 5.74) is 3.26. The molecule has 0 aliphatic carbocycles. The van der Waals surface area contributed by atoms with E-state index in [1.54, 1.807) is 15.9 Å². The number of hydrogen-bond donors (Lipinski definition) is 2. The van der Waals surface area contributed by atoms with Gasteiger partial charge in [-0.3, -0.25) is 4.79 Å². The lowest BCUT2D eigenvalue weighted by Gasteiger charge is -2.30. The summed E-state index contributed by atoms with van der Waals surface area (Å²) >= 11 is 0. The summed E-state index contributed by atoms with van der Waals surface area (Å²) in [5.74, 6) is -2.50. The van der Waals surface area contributed by atoms with Gasteiger partial charge in [0.05, 0.1) is 78.0 Å². The van der Waals surface area contributed by atoms with Crippen LogP contribution in [-0.2, 0) is 36.2 Å².